The molecular weight excluding hydrogens is 362 g/mol. The average Bonchev–Trinajstić information content (AvgIpc) is 2.73. The Labute approximate surface area is 161 Å². The number of nitrogens with one attached hydrogen (secondary N) is 2. The van der Waals surface area contributed by atoms with E-state index in [4.69, 9.17) is 9.84 Å². The first-order valence-corrected chi connectivity index (χ1v) is 8.49. The van der Waals surface area contributed by atoms with Crippen LogP contribution in [-0.4, -0.2) is 40.3 Å². The third-order valence-electron chi connectivity index (χ3n) is 3.85. The third kappa shape index (κ3) is 4.51. The summed E-state index contributed by atoms with van der Waals surface area (Å²) in [7, 11) is 1.45. The maximum Gasteiger partial charge on any atom is 0.296 e. The number of benzene rings is 2. The topological polar surface area (TPSA) is 122 Å². The molecule has 28 heavy (non-hydrogen) atoms. The lowest BCUT2D eigenvalue weighted by atomic mass is 10.1. The Kier molecular flexibility index (Phi) is 5.97. The SMILES string of the molecule is COc1ccc(Nc2cc(-c3ccccc3)nc(NCCO)n2)c([N+](=O)[O-])c1. The molecule has 0 fully saturated rings. The molecule has 0 aliphatic heterocycles. The van der Waals surface area contributed by atoms with Gasteiger partial charge in [0.1, 0.15) is 17.3 Å². The highest BCUT2D eigenvalue weighted by Crippen LogP contribution is 2.32. The zero-order chi connectivity index (χ0) is 19.9. The van der Waals surface area contributed by atoms with Gasteiger partial charge < -0.3 is 20.5 Å². The zero-order valence-corrected chi connectivity index (χ0v) is 15.1. The number of aromatic nitrogens is 2. The van der Waals surface area contributed by atoms with Gasteiger partial charge in [0.05, 0.1) is 30.4 Å². The van der Waals surface area contributed by atoms with Crippen molar-refractivity contribution in [3.8, 4) is 17.0 Å². The lowest BCUT2D eigenvalue weighted by Crippen LogP contribution is -2.10. The van der Waals surface area contributed by atoms with Crippen LogP contribution in [0.25, 0.3) is 11.3 Å². The van der Waals surface area contributed by atoms with Gasteiger partial charge in [-0.25, -0.2) is 4.98 Å². The minimum absolute atomic E-state index is 0.0777. The van der Waals surface area contributed by atoms with Crippen molar-refractivity contribution in [1.29, 1.82) is 0 Å². The highest BCUT2D eigenvalue weighted by molar-refractivity contribution is 5.72. The van der Waals surface area contributed by atoms with Crippen molar-refractivity contribution in [3.63, 3.8) is 0 Å². The zero-order valence-electron chi connectivity index (χ0n) is 15.1. The first-order chi connectivity index (χ1) is 13.6. The number of nitro groups is 1. The molecule has 9 heteroatoms. The predicted molar refractivity (Wildman–Crippen MR) is 106 cm³/mol. The van der Waals surface area contributed by atoms with Crippen molar-refractivity contribution in [2.24, 2.45) is 0 Å². The largest absolute Gasteiger partial charge is 0.496 e. The number of hydrogen-bond acceptors (Lipinski definition) is 8. The standard InChI is InChI=1S/C19H19N5O4/c1-28-14-7-8-15(17(11-14)24(26)27)21-18-12-16(13-5-3-2-4-6-13)22-19(23-18)20-9-10-25/h2-8,11-12,25H,9-10H2,1H3,(H2,20,21,22,23). The lowest BCUT2D eigenvalue weighted by Gasteiger charge is -2.12. The van der Waals surface area contributed by atoms with Gasteiger partial charge in [0.2, 0.25) is 5.95 Å². The van der Waals surface area contributed by atoms with Gasteiger partial charge in [0.25, 0.3) is 5.69 Å². The van der Waals surface area contributed by atoms with Gasteiger partial charge in [-0.1, -0.05) is 30.3 Å². The van der Waals surface area contributed by atoms with Crippen molar-refractivity contribution in [1.82, 2.24) is 9.97 Å². The Bertz CT molecular complexity index is 966. The number of aliphatic hydroxyl groups is 1. The van der Waals surface area contributed by atoms with E-state index in [0.717, 1.165) is 5.56 Å². The summed E-state index contributed by atoms with van der Waals surface area (Å²) in [6.07, 6.45) is 0. The second kappa shape index (κ2) is 8.78. The number of ether oxygens (including phenoxy) is 1. The van der Waals surface area contributed by atoms with Crippen LogP contribution in [0.1, 0.15) is 0 Å². The third-order valence-corrected chi connectivity index (χ3v) is 3.85. The first kappa shape index (κ1) is 19.1. The second-order valence-electron chi connectivity index (χ2n) is 5.74. The number of aliphatic hydroxyl groups excluding tert-OH is 1. The molecule has 144 valence electrons. The highest BCUT2D eigenvalue weighted by atomic mass is 16.6. The fraction of sp³-hybridized carbons (Fsp3) is 0.158. The van der Waals surface area contributed by atoms with Gasteiger partial charge >= 0.3 is 0 Å². The molecule has 0 saturated heterocycles. The van der Waals surface area contributed by atoms with E-state index in [1.807, 2.05) is 30.3 Å². The minimum atomic E-state index is -0.491. The summed E-state index contributed by atoms with van der Waals surface area (Å²) in [4.78, 5) is 19.7. The maximum atomic E-state index is 11.4. The molecule has 0 unspecified atom stereocenters. The monoisotopic (exact) mass is 381 g/mol. The summed E-state index contributed by atoms with van der Waals surface area (Å²) in [5.41, 5.74) is 1.64. The molecule has 0 spiro atoms. The van der Waals surface area contributed by atoms with Crippen LogP contribution in [0.2, 0.25) is 0 Å². The van der Waals surface area contributed by atoms with Gasteiger partial charge in [0, 0.05) is 18.2 Å². The molecule has 0 saturated carbocycles. The van der Waals surface area contributed by atoms with Crippen molar-refractivity contribution in [2.75, 3.05) is 30.9 Å². The summed E-state index contributed by atoms with van der Waals surface area (Å²) in [6, 6.07) is 15.7. The molecule has 9 nitrogen and oxygen atoms in total. The normalized spacial score (nSPS) is 10.4. The molecule has 3 N–H and O–H groups in total. The van der Waals surface area contributed by atoms with Crippen molar-refractivity contribution >= 4 is 23.1 Å². The van der Waals surface area contributed by atoms with Crippen LogP contribution in [-0.2, 0) is 0 Å². The Morgan fingerprint density at radius 3 is 2.61 bits per heavy atom. The van der Waals surface area contributed by atoms with Gasteiger partial charge in [-0.3, -0.25) is 10.1 Å². The molecule has 1 aromatic heterocycles. The van der Waals surface area contributed by atoms with Crippen LogP contribution < -0.4 is 15.4 Å². The van der Waals surface area contributed by atoms with Crippen LogP contribution in [0.15, 0.2) is 54.6 Å². The van der Waals surface area contributed by atoms with Crippen LogP contribution in [0.3, 0.4) is 0 Å². The van der Waals surface area contributed by atoms with Crippen molar-refractivity contribution in [2.45, 2.75) is 0 Å². The van der Waals surface area contributed by atoms with Crippen LogP contribution in [0.4, 0.5) is 23.1 Å². The molecule has 2 aromatic carbocycles. The van der Waals surface area contributed by atoms with Crippen molar-refractivity contribution in [3.05, 3.63) is 64.7 Å². The molecule has 0 radical (unpaired) electrons. The minimum Gasteiger partial charge on any atom is -0.496 e. The molecule has 1 heterocycles. The molecule has 0 amide bonds. The number of methoxy groups -OCH3 is 1. The van der Waals surface area contributed by atoms with E-state index in [2.05, 4.69) is 20.6 Å². The Morgan fingerprint density at radius 2 is 1.93 bits per heavy atom. The number of rotatable bonds is 8. The fourth-order valence-corrected chi connectivity index (χ4v) is 2.55. The molecule has 0 aliphatic carbocycles. The summed E-state index contributed by atoms with van der Waals surface area (Å²) in [5.74, 6) is 1.06. The number of nitro benzene ring substituents is 1. The number of nitrogens with zero attached hydrogens (tertiary/aromatic N) is 3. The number of anilines is 3. The maximum absolute atomic E-state index is 11.4. The van der Waals surface area contributed by atoms with Crippen LogP contribution >= 0.6 is 0 Å². The summed E-state index contributed by atoms with van der Waals surface area (Å²) >= 11 is 0. The van der Waals surface area contributed by atoms with Gasteiger partial charge in [-0.2, -0.15) is 4.98 Å². The first-order valence-electron chi connectivity index (χ1n) is 8.49. The summed E-state index contributed by atoms with van der Waals surface area (Å²) in [6.45, 7) is 0.200. The van der Waals surface area contributed by atoms with E-state index in [0.29, 0.717) is 23.2 Å². The molecule has 0 atom stereocenters. The smallest absolute Gasteiger partial charge is 0.296 e. The fourth-order valence-electron chi connectivity index (χ4n) is 2.55. The van der Waals surface area contributed by atoms with E-state index in [9.17, 15) is 10.1 Å². The number of hydrogen-bond donors (Lipinski definition) is 3. The van der Waals surface area contributed by atoms with Crippen LogP contribution in [0, 0.1) is 10.1 Å². The van der Waals surface area contributed by atoms with Crippen molar-refractivity contribution < 1.29 is 14.8 Å². The van der Waals surface area contributed by atoms with E-state index < -0.39 is 4.92 Å². The average molecular weight is 381 g/mol. The Morgan fingerprint density at radius 1 is 1.14 bits per heavy atom. The predicted octanol–water partition coefficient (Wildman–Crippen LogP) is 3.21. The van der Waals surface area contributed by atoms with E-state index >= 15 is 0 Å². The quantitative estimate of drug-likeness (QED) is 0.402. The van der Waals surface area contributed by atoms with E-state index in [-0.39, 0.29) is 24.5 Å². The summed E-state index contributed by atoms with van der Waals surface area (Å²) < 4.78 is 5.06. The highest BCUT2D eigenvalue weighted by Gasteiger charge is 2.17. The molecular formula is C19H19N5O4. The van der Waals surface area contributed by atoms with E-state index in [1.165, 1.54) is 13.2 Å². The van der Waals surface area contributed by atoms with Crippen LogP contribution in [0.5, 0.6) is 5.75 Å². The second-order valence-corrected chi connectivity index (χ2v) is 5.74. The Hall–Kier alpha value is -3.72. The van der Waals surface area contributed by atoms with Gasteiger partial charge in [0.15, 0.2) is 0 Å². The van der Waals surface area contributed by atoms with Gasteiger partial charge in [-0.15, -0.1) is 0 Å². The van der Waals surface area contributed by atoms with Gasteiger partial charge in [-0.05, 0) is 12.1 Å². The summed E-state index contributed by atoms with van der Waals surface area (Å²) in [5, 5.41) is 26.4. The lowest BCUT2D eigenvalue weighted by molar-refractivity contribution is -0.384. The molecule has 0 bridgehead atoms. The Balaban J connectivity index is 2.00. The molecule has 3 aromatic rings. The molecule has 3 rings (SSSR count). The molecule has 0 aliphatic rings. The van der Waals surface area contributed by atoms with E-state index in [1.54, 1.807) is 18.2 Å².